The van der Waals surface area contributed by atoms with E-state index in [0.717, 1.165) is 12.0 Å². The maximum atomic E-state index is 13.1. The quantitative estimate of drug-likeness (QED) is 0.711. The molecular weight excluding hydrogens is 153 g/mol. The molecular formula is C10H12FN. The van der Waals surface area contributed by atoms with Gasteiger partial charge in [-0.25, -0.2) is 4.39 Å². The smallest absolute Gasteiger partial charge is 0.126 e. The van der Waals surface area contributed by atoms with Crippen LogP contribution in [0.25, 0.3) is 0 Å². The van der Waals surface area contributed by atoms with Crippen LogP contribution in [-0.2, 0) is 0 Å². The molecule has 2 N–H and O–H groups in total. The highest BCUT2D eigenvalue weighted by atomic mass is 19.1. The highest BCUT2D eigenvalue weighted by molar-refractivity contribution is 5.27. The van der Waals surface area contributed by atoms with Crippen molar-refractivity contribution in [3.63, 3.8) is 0 Å². The van der Waals surface area contributed by atoms with E-state index in [9.17, 15) is 4.39 Å². The summed E-state index contributed by atoms with van der Waals surface area (Å²) in [4.78, 5) is 0. The van der Waals surface area contributed by atoms with E-state index in [2.05, 4.69) is 0 Å². The molecule has 1 saturated carbocycles. The summed E-state index contributed by atoms with van der Waals surface area (Å²) in [5.74, 6) is 0.816. The Labute approximate surface area is 71.4 Å². The summed E-state index contributed by atoms with van der Waals surface area (Å²) < 4.78 is 13.1. The molecule has 1 aromatic carbocycles. The maximum Gasteiger partial charge on any atom is 0.126 e. The Hall–Kier alpha value is -0.890. The van der Waals surface area contributed by atoms with E-state index in [1.807, 2.05) is 12.1 Å². The molecule has 0 saturated heterocycles. The van der Waals surface area contributed by atoms with Gasteiger partial charge in [0.1, 0.15) is 5.82 Å². The van der Waals surface area contributed by atoms with Gasteiger partial charge in [0.2, 0.25) is 0 Å². The molecule has 0 spiro atoms. The monoisotopic (exact) mass is 165 g/mol. The van der Waals surface area contributed by atoms with Crippen molar-refractivity contribution in [2.24, 2.45) is 11.7 Å². The Kier molecular flexibility index (Phi) is 1.85. The molecule has 0 bridgehead atoms. The highest BCUT2D eigenvalue weighted by Gasteiger charge is 2.38. The van der Waals surface area contributed by atoms with E-state index in [4.69, 9.17) is 5.73 Å². The Balaban J connectivity index is 2.19. The molecule has 2 rings (SSSR count). The van der Waals surface area contributed by atoms with Crippen LogP contribution in [0.5, 0.6) is 0 Å². The first-order valence-electron chi connectivity index (χ1n) is 4.27. The average molecular weight is 165 g/mol. The Bertz CT molecular complexity index is 285. The maximum absolute atomic E-state index is 13.1. The fraction of sp³-hybridized carbons (Fsp3) is 0.400. The minimum Gasteiger partial charge on any atom is -0.330 e. The van der Waals surface area contributed by atoms with Crippen LogP contribution in [0.4, 0.5) is 4.39 Å². The van der Waals surface area contributed by atoms with E-state index in [0.29, 0.717) is 18.4 Å². The van der Waals surface area contributed by atoms with Crippen molar-refractivity contribution in [2.75, 3.05) is 6.54 Å². The van der Waals surface area contributed by atoms with Crippen LogP contribution in [0.1, 0.15) is 17.9 Å². The Morgan fingerprint density at radius 3 is 2.75 bits per heavy atom. The molecule has 12 heavy (non-hydrogen) atoms. The normalized spacial score (nSPS) is 27.2. The van der Waals surface area contributed by atoms with Gasteiger partial charge in [-0.1, -0.05) is 18.2 Å². The second kappa shape index (κ2) is 2.87. The summed E-state index contributed by atoms with van der Waals surface area (Å²) in [6.07, 6.45) is 1.05. The molecule has 64 valence electrons. The molecule has 0 aliphatic heterocycles. The first-order valence-corrected chi connectivity index (χ1v) is 4.27. The van der Waals surface area contributed by atoms with Crippen molar-refractivity contribution in [2.45, 2.75) is 12.3 Å². The minimum absolute atomic E-state index is 0.0848. The predicted molar refractivity (Wildman–Crippen MR) is 46.3 cm³/mol. The van der Waals surface area contributed by atoms with Crippen LogP contribution in [0, 0.1) is 11.7 Å². The van der Waals surface area contributed by atoms with Crippen LogP contribution in [0.3, 0.4) is 0 Å². The van der Waals surface area contributed by atoms with Gasteiger partial charge in [0.25, 0.3) is 0 Å². The molecule has 1 fully saturated rings. The Morgan fingerprint density at radius 2 is 2.17 bits per heavy atom. The van der Waals surface area contributed by atoms with Crippen molar-refractivity contribution in [3.05, 3.63) is 35.6 Å². The SMILES string of the molecule is NC[C@@H]1C[C@@H]1c1ccccc1F. The standard InChI is InChI=1S/C10H12FN/c11-10-4-2-1-3-8(10)9-5-7(9)6-12/h1-4,7,9H,5-6,12H2/t7-,9-/m0/s1. The first-order chi connectivity index (χ1) is 5.83. The largest absolute Gasteiger partial charge is 0.330 e. The first kappa shape index (κ1) is 7.74. The van der Waals surface area contributed by atoms with Gasteiger partial charge in [0.15, 0.2) is 0 Å². The van der Waals surface area contributed by atoms with Crippen molar-refractivity contribution < 1.29 is 4.39 Å². The van der Waals surface area contributed by atoms with E-state index < -0.39 is 0 Å². The zero-order valence-electron chi connectivity index (χ0n) is 6.83. The zero-order chi connectivity index (χ0) is 8.55. The van der Waals surface area contributed by atoms with Crippen LogP contribution in [0.15, 0.2) is 24.3 Å². The third-order valence-corrected chi connectivity index (χ3v) is 2.53. The van der Waals surface area contributed by atoms with Crippen molar-refractivity contribution in [1.82, 2.24) is 0 Å². The molecule has 1 aromatic rings. The summed E-state index contributed by atoms with van der Waals surface area (Å²) in [5, 5.41) is 0. The average Bonchev–Trinajstić information content (AvgIpc) is 2.84. The van der Waals surface area contributed by atoms with E-state index in [1.165, 1.54) is 6.07 Å². The fourth-order valence-corrected chi connectivity index (χ4v) is 1.66. The van der Waals surface area contributed by atoms with Crippen LogP contribution < -0.4 is 5.73 Å². The number of hydrogen-bond acceptors (Lipinski definition) is 1. The van der Waals surface area contributed by atoms with Gasteiger partial charge in [-0.2, -0.15) is 0 Å². The molecule has 0 radical (unpaired) electrons. The van der Waals surface area contributed by atoms with Crippen molar-refractivity contribution in [1.29, 1.82) is 0 Å². The summed E-state index contributed by atoms with van der Waals surface area (Å²) in [7, 11) is 0. The molecule has 2 atom stereocenters. The van der Waals surface area contributed by atoms with Gasteiger partial charge >= 0.3 is 0 Å². The second-order valence-electron chi connectivity index (χ2n) is 3.36. The number of benzene rings is 1. The van der Waals surface area contributed by atoms with Crippen LogP contribution in [-0.4, -0.2) is 6.54 Å². The third kappa shape index (κ3) is 1.23. The van der Waals surface area contributed by atoms with E-state index in [1.54, 1.807) is 6.07 Å². The van der Waals surface area contributed by atoms with Crippen molar-refractivity contribution >= 4 is 0 Å². The zero-order valence-corrected chi connectivity index (χ0v) is 6.83. The van der Waals surface area contributed by atoms with Gasteiger partial charge in [0, 0.05) is 0 Å². The molecule has 0 unspecified atom stereocenters. The van der Waals surface area contributed by atoms with Gasteiger partial charge in [-0.15, -0.1) is 0 Å². The lowest BCUT2D eigenvalue weighted by molar-refractivity contribution is 0.606. The molecule has 2 heteroatoms. The highest BCUT2D eigenvalue weighted by Crippen LogP contribution is 2.47. The third-order valence-electron chi connectivity index (χ3n) is 2.53. The molecule has 1 aliphatic carbocycles. The van der Waals surface area contributed by atoms with Gasteiger partial charge in [-0.3, -0.25) is 0 Å². The number of rotatable bonds is 2. The molecule has 0 heterocycles. The summed E-state index contributed by atoms with van der Waals surface area (Å²) in [6.45, 7) is 0.680. The fourth-order valence-electron chi connectivity index (χ4n) is 1.66. The van der Waals surface area contributed by atoms with E-state index in [-0.39, 0.29) is 5.82 Å². The number of nitrogens with two attached hydrogens (primary N) is 1. The van der Waals surface area contributed by atoms with Crippen molar-refractivity contribution in [3.8, 4) is 0 Å². The summed E-state index contributed by atoms with van der Waals surface area (Å²) in [5.41, 5.74) is 6.33. The molecule has 1 nitrogen and oxygen atoms in total. The minimum atomic E-state index is -0.0848. The van der Waals surface area contributed by atoms with Gasteiger partial charge in [0.05, 0.1) is 0 Å². The number of halogens is 1. The lowest BCUT2D eigenvalue weighted by Gasteiger charge is -1.99. The Morgan fingerprint density at radius 1 is 1.42 bits per heavy atom. The summed E-state index contributed by atoms with van der Waals surface area (Å²) in [6, 6.07) is 6.97. The van der Waals surface area contributed by atoms with E-state index >= 15 is 0 Å². The molecule has 1 aliphatic rings. The molecule has 0 aromatic heterocycles. The van der Waals surface area contributed by atoms with Crippen LogP contribution in [0.2, 0.25) is 0 Å². The second-order valence-corrected chi connectivity index (χ2v) is 3.36. The summed E-state index contributed by atoms with van der Waals surface area (Å²) >= 11 is 0. The predicted octanol–water partition coefficient (Wildman–Crippen LogP) is 1.89. The molecule has 0 amide bonds. The topological polar surface area (TPSA) is 26.0 Å². The van der Waals surface area contributed by atoms with Gasteiger partial charge in [-0.05, 0) is 36.4 Å². The lowest BCUT2D eigenvalue weighted by atomic mass is 10.1. The number of hydrogen-bond donors (Lipinski definition) is 1. The van der Waals surface area contributed by atoms with Gasteiger partial charge < -0.3 is 5.73 Å². The van der Waals surface area contributed by atoms with Crippen LogP contribution >= 0.6 is 0 Å². The lowest BCUT2D eigenvalue weighted by Crippen LogP contribution is -2.02.